The van der Waals surface area contributed by atoms with E-state index in [1.807, 2.05) is 0 Å². The molecule has 1 aromatic heterocycles. The summed E-state index contributed by atoms with van der Waals surface area (Å²) in [6, 6.07) is 7.84. The fourth-order valence-corrected chi connectivity index (χ4v) is 3.44. The summed E-state index contributed by atoms with van der Waals surface area (Å²) >= 11 is 5.85. The van der Waals surface area contributed by atoms with Gasteiger partial charge in [-0.3, -0.25) is 9.78 Å². The highest BCUT2D eigenvalue weighted by Crippen LogP contribution is 2.37. The van der Waals surface area contributed by atoms with Crippen LogP contribution in [0.3, 0.4) is 0 Å². The topological polar surface area (TPSA) is 97.1 Å². The minimum absolute atomic E-state index is 0.00441. The molecule has 1 heterocycles. The Balaban J connectivity index is 2.19. The van der Waals surface area contributed by atoms with Gasteiger partial charge in [0.15, 0.2) is 0 Å². The summed E-state index contributed by atoms with van der Waals surface area (Å²) in [5.74, 6) is -2.99. The summed E-state index contributed by atoms with van der Waals surface area (Å²) in [6.07, 6.45) is -4.60. The van der Waals surface area contributed by atoms with Gasteiger partial charge in [0.05, 0.1) is 22.7 Å². The highest BCUT2D eigenvalue weighted by molar-refractivity contribution is 6.30. The van der Waals surface area contributed by atoms with E-state index in [2.05, 4.69) is 15.6 Å². The number of amides is 3. The Labute approximate surface area is 194 Å². The number of halogens is 6. The number of hydrogen-bond donors (Lipinski definition) is 3. The van der Waals surface area contributed by atoms with E-state index < -0.39 is 52.8 Å². The molecule has 0 radical (unpaired) electrons. The average molecular weight is 499 g/mol. The molecule has 1 atom stereocenters. The number of alkyl halides is 3. The van der Waals surface area contributed by atoms with Crippen LogP contribution in [0.4, 0.5) is 32.4 Å². The maximum absolute atomic E-state index is 14.3. The molecule has 0 aliphatic heterocycles. The SMILES string of the molecule is NC(=O)C[C@](NC(=O)Nc1cccc(F)c1)(c1cc(F)cc(C(F)(F)F)c1)c1ccc(Cl)cn1. The van der Waals surface area contributed by atoms with Crippen LogP contribution in [0.25, 0.3) is 0 Å². The molecule has 178 valence electrons. The zero-order valence-electron chi connectivity index (χ0n) is 17.1. The predicted molar refractivity (Wildman–Crippen MR) is 114 cm³/mol. The molecule has 0 spiro atoms. The first-order valence-electron chi connectivity index (χ1n) is 9.52. The minimum Gasteiger partial charge on any atom is -0.370 e. The lowest BCUT2D eigenvalue weighted by Gasteiger charge is -2.34. The van der Waals surface area contributed by atoms with Crippen molar-refractivity contribution in [3.05, 3.63) is 94.3 Å². The van der Waals surface area contributed by atoms with Crippen LogP contribution in [-0.2, 0) is 16.5 Å². The highest BCUT2D eigenvalue weighted by atomic mass is 35.5. The molecule has 3 amide bonds. The van der Waals surface area contributed by atoms with Crippen molar-refractivity contribution in [1.82, 2.24) is 10.3 Å². The fraction of sp³-hybridized carbons (Fsp3) is 0.136. The zero-order valence-corrected chi connectivity index (χ0v) is 17.8. The molecule has 2 aromatic carbocycles. The van der Waals surface area contributed by atoms with E-state index in [9.17, 15) is 31.5 Å². The van der Waals surface area contributed by atoms with Gasteiger partial charge in [-0.25, -0.2) is 13.6 Å². The maximum Gasteiger partial charge on any atom is 0.416 e. The second-order valence-electron chi connectivity index (χ2n) is 7.23. The van der Waals surface area contributed by atoms with E-state index in [4.69, 9.17) is 17.3 Å². The number of rotatable bonds is 6. The summed E-state index contributed by atoms with van der Waals surface area (Å²) in [7, 11) is 0. The normalized spacial score (nSPS) is 13.1. The van der Waals surface area contributed by atoms with E-state index in [1.54, 1.807) is 0 Å². The van der Waals surface area contributed by atoms with Gasteiger partial charge in [0.25, 0.3) is 0 Å². The van der Waals surface area contributed by atoms with Gasteiger partial charge in [-0.05, 0) is 54.1 Å². The number of benzene rings is 2. The Bertz CT molecular complexity index is 1220. The molecule has 3 aromatic rings. The van der Waals surface area contributed by atoms with Crippen molar-refractivity contribution in [3.8, 4) is 0 Å². The van der Waals surface area contributed by atoms with Crippen LogP contribution < -0.4 is 16.4 Å². The van der Waals surface area contributed by atoms with Crippen LogP contribution in [0, 0.1) is 11.6 Å². The van der Waals surface area contributed by atoms with E-state index in [0.29, 0.717) is 6.07 Å². The number of hydrogen-bond acceptors (Lipinski definition) is 3. The molecule has 0 saturated heterocycles. The smallest absolute Gasteiger partial charge is 0.370 e. The van der Waals surface area contributed by atoms with Crippen LogP contribution in [0.2, 0.25) is 5.02 Å². The number of primary amides is 1. The quantitative estimate of drug-likeness (QED) is 0.418. The van der Waals surface area contributed by atoms with Crippen molar-refractivity contribution in [3.63, 3.8) is 0 Å². The minimum atomic E-state index is -4.94. The summed E-state index contributed by atoms with van der Waals surface area (Å²) in [5.41, 5.74) is 1.26. The van der Waals surface area contributed by atoms with Crippen molar-refractivity contribution in [2.45, 2.75) is 18.1 Å². The first-order valence-corrected chi connectivity index (χ1v) is 9.90. The van der Waals surface area contributed by atoms with Crippen LogP contribution >= 0.6 is 11.6 Å². The molecule has 0 aliphatic rings. The van der Waals surface area contributed by atoms with Crippen LogP contribution in [0.1, 0.15) is 23.2 Å². The number of nitrogens with one attached hydrogen (secondary N) is 2. The first kappa shape index (κ1) is 24.9. The Morgan fingerprint density at radius 3 is 2.26 bits per heavy atom. The van der Waals surface area contributed by atoms with Gasteiger partial charge in [-0.15, -0.1) is 0 Å². The number of aromatic nitrogens is 1. The Hall–Kier alpha value is -3.73. The molecule has 0 fully saturated rings. The Morgan fingerprint density at radius 2 is 1.68 bits per heavy atom. The molecular weight excluding hydrogens is 483 g/mol. The number of carbonyl (C=O) groups is 2. The van der Waals surface area contributed by atoms with Crippen molar-refractivity contribution in [2.75, 3.05) is 5.32 Å². The molecule has 0 saturated carbocycles. The van der Waals surface area contributed by atoms with Gasteiger partial charge >= 0.3 is 12.2 Å². The van der Waals surface area contributed by atoms with Crippen molar-refractivity contribution >= 4 is 29.2 Å². The number of nitrogens with two attached hydrogens (primary N) is 1. The standard InChI is InChI=1S/C22H16ClF5N4O2/c23-14-4-5-18(30-11-14)21(10-19(29)33,12-6-13(22(26,27)28)8-16(25)7-12)32-20(34)31-17-3-1-2-15(24)9-17/h1-9,11H,10H2,(H2,29,33)(H2,31,32,34)/t21-/m0/s1. The molecule has 4 N–H and O–H groups in total. The van der Waals surface area contributed by atoms with Gasteiger partial charge in [-0.1, -0.05) is 17.7 Å². The van der Waals surface area contributed by atoms with Crippen LogP contribution in [-0.4, -0.2) is 16.9 Å². The second kappa shape index (κ2) is 9.64. The number of anilines is 1. The average Bonchev–Trinajstić information content (AvgIpc) is 2.72. The van der Waals surface area contributed by atoms with Gasteiger partial charge in [0.1, 0.15) is 17.2 Å². The Morgan fingerprint density at radius 1 is 0.971 bits per heavy atom. The molecule has 12 heteroatoms. The third-order valence-electron chi connectivity index (χ3n) is 4.73. The molecule has 6 nitrogen and oxygen atoms in total. The number of carbonyl (C=O) groups excluding carboxylic acids is 2. The van der Waals surface area contributed by atoms with E-state index >= 15 is 0 Å². The molecule has 0 aliphatic carbocycles. The molecular formula is C22H16ClF5N4O2. The highest BCUT2D eigenvalue weighted by Gasteiger charge is 2.42. The largest absolute Gasteiger partial charge is 0.416 e. The maximum atomic E-state index is 14.3. The lowest BCUT2D eigenvalue weighted by molar-refractivity contribution is -0.137. The monoisotopic (exact) mass is 498 g/mol. The van der Waals surface area contributed by atoms with E-state index in [-0.39, 0.29) is 22.5 Å². The second-order valence-corrected chi connectivity index (χ2v) is 7.66. The van der Waals surface area contributed by atoms with Crippen molar-refractivity contribution < 1.29 is 31.5 Å². The molecule has 34 heavy (non-hydrogen) atoms. The van der Waals surface area contributed by atoms with Gasteiger partial charge in [-0.2, -0.15) is 13.2 Å². The summed E-state index contributed by atoms with van der Waals surface area (Å²) in [6.45, 7) is 0. The van der Waals surface area contributed by atoms with Crippen LogP contribution in [0.15, 0.2) is 60.8 Å². The van der Waals surface area contributed by atoms with Crippen LogP contribution in [0.5, 0.6) is 0 Å². The number of pyridine rings is 1. The molecule has 0 bridgehead atoms. The van der Waals surface area contributed by atoms with Crippen molar-refractivity contribution in [1.29, 1.82) is 0 Å². The predicted octanol–water partition coefficient (Wildman–Crippen LogP) is 4.97. The van der Waals surface area contributed by atoms with E-state index in [1.165, 1.54) is 24.3 Å². The Kier molecular flexibility index (Phi) is 7.06. The first-order chi connectivity index (χ1) is 15.9. The zero-order chi connectivity index (χ0) is 25.1. The summed E-state index contributed by atoms with van der Waals surface area (Å²) in [4.78, 5) is 28.9. The third-order valence-corrected chi connectivity index (χ3v) is 4.95. The van der Waals surface area contributed by atoms with Gasteiger partial charge < -0.3 is 16.4 Å². The molecule has 0 unspecified atom stereocenters. The van der Waals surface area contributed by atoms with E-state index in [0.717, 1.165) is 24.4 Å². The third kappa shape index (κ3) is 5.79. The lowest BCUT2D eigenvalue weighted by atomic mass is 9.81. The van der Waals surface area contributed by atoms with Gasteiger partial charge in [0.2, 0.25) is 5.91 Å². The summed E-state index contributed by atoms with van der Waals surface area (Å²) < 4.78 is 68.0. The lowest BCUT2D eigenvalue weighted by Crippen LogP contribution is -2.51. The number of nitrogens with zero attached hydrogens (tertiary/aromatic N) is 1. The molecule has 3 rings (SSSR count). The fourth-order valence-electron chi connectivity index (χ4n) is 3.33. The van der Waals surface area contributed by atoms with Gasteiger partial charge in [0, 0.05) is 11.9 Å². The van der Waals surface area contributed by atoms with Crippen molar-refractivity contribution in [2.24, 2.45) is 5.73 Å². The number of urea groups is 1. The summed E-state index contributed by atoms with van der Waals surface area (Å²) in [5, 5.41) is 4.83.